The second-order valence-corrected chi connectivity index (χ2v) is 4.20. The first-order valence-electron chi connectivity index (χ1n) is 5.65. The van der Waals surface area contributed by atoms with Gasteiger partial charge in [0.05, 0.1) is 7.11 Å². The number of nitrogens with zero attached hydrogens (tertiary/aromatic N) is 3. The Balaban J connectivity index is 2.36. The monoisotopic (exact) mass is 277 g/mol. The van der Waals surface area contributed by atoms with Crippen LogP contribution in [0.2, 0.25) is 0 Å². The van der Waals surface area contributed by atoms with Gasteiger partial charge in [-0.05, 0) is 12.8 Å². The van der Waals surface area contributed by atoms with E-state index in [0.29, 0.717) is 12.8 Å². The molecular weight excluding hydrogens is 263 g/mol. The minimum absolute atomic E-state index is 0.102. The lowest BCUT2D eigenvalue weighted by molar-refractivity contribution is -0.120. The number of nitrogen functional groups attached to an aromatic ring is 1. The highest BCUT2D eigenvalue weighted by molar-refractivity contribution is 5.65. The van der Waals surface area contributed by atoms with E-state index in [4.69, 9.17) is 10.6 Å². The van der Waals surface area contributed by atoms with E-state index in [1.54, 1.807) is 0 Å². The quantitative estimate of drug-likeness (QED) is 0.624. The first-order chi connectivity index (χ1) is 8.96. The number of hydrogen-bond acceptors (Lipinski definition) is 6. The van der Waals surface area contributed by atoms with Crippen LogP contribution in [-0.4, -0.2) is 35.8 Å². The smallest absolute Gasteiger partial charge is 0.405 e. The van der Waals surface area contributed by atoms with Crippen LogP contribution in [0.15, 0.2) is 6.33 Å². The normalized spacial score (nSPS) is 15.2. The highest BCUT2D eigenvalue weighted by Crippen LogP contribution is 2.39. The molecule has 0 atom stereocenters. The first kappa shape index (κ1) is 13.7. The Kier molecular flexibility index (Phi) is 3.65. The zero-order chi connectivity index (χ0) is 14.0. The van der Waals surface area contributed by atoms with Crippen molar-refractivity contribution in [3.63, 3.8) is 0 Å². The van der Waals surface area contributed by atoms with Crippen molar-refractivity contribution >= 4 is 11.6 Å². The van der Waals surface area contributed by atoms with Crippen LogP contribution in [0.1, 0.15) is 12.8 Å². The summed E-state index contributed by atoms with van der Waals surface area (Å²) in [6.45, 7) is -1.07. The summed E-state index contributed by atoms with van der Waals surface area (Å²) in [6, 6.07) is -0.170. The molecule has 1 aromatic rings. The van der Waals surface area contributed by atoms with E-state index in [1.807, 2.05) is 0 Å². The van der Waals surface area contributed by atoms with Crippen molar-refractivity contribution in [3.8, 4) is 5.75 Å². The molecule has 3 N–H and O–H groups in total. The molecule has 1 aliphatic carbocycles. The van der Waals surface area contributed by atoms with Crippen LogP contribution >= 0.6 is 0 Å². The minimum Gasteiger partial charge on any atom is -0.490 e. The molecular formula is C10H14F3N5O. The summed E-state index contributed by atoms with van der Waals surface area (Å²) in [4.78, 5) is 8.89. The number of rotatable bonds is 5. The zero-order valence-electron chi connectivity index (χ0n) is 10.2. The van der Waals surface area contributed by atoms with Crippen LogP contribution in [-0.2, 0) is 0 Å². The van der Waals surface area contributed by atoms with Crippen LogP contribution in [0, 0.1) is 0 Å². The molecule has 0 aliphatic heterocycles. The lowest BCUT2D eigenvalue weighted by Gasteiger charge is -2.26. The topological polar surface area (TPSA) is 76.3 Å². The van der Waals surface area contributed by atoms with E-state index < -0.39 is 12.7 Å². The van der Waals surface area contributed by atoms with E-state index in [9.17, 15) is 13.2 Å². The Hall–Kier alpha value is -1.77. The average molecular weight is 277 g/mol. The Labute approximate surface area is 107 Å². The molecule has 0 bridgehead atoms. The van der Waals surface area contributed by atoms with Crippen molar-refractivity contribution in [2.24, 2.45) is 5.84 Å². The van der Waals surface area contributed by atoms with Crippen molar-refractivity contribution in [1.82, 2.24) is 9.97 Å². The third-order valence-electron chi connectivity index (χ3n) is 2.74. The van der Waals surface area contributed by atoms with Crippen molar-refractivity contribution in [1.29, 1.82) is 0 Å². The molecule has 19 heavy (non-hydrogen) atoms. The Bertz CT molecular complexity index is 449. The van der Waals surface area contributed by atoms with Gasteiger partial charge in [-0.15, -0.1) is 0 Å². The molecule has 1 aromatic heterocycles. The molecule has 2 rings (SSSR count). The van der Waals surface area contributed by atoms with Gasteiger partial charge in [0.15, 0.2) is 11.6 Å². The molecule has 1 saturated carbocycles. The maximum Gasteiger partial charge on any atom is 0.405 e. The molecule has 0 spiro atoms. The van der Waals surface area contributed by atoms with Gasteiger partial charge in [-0.2, -0.15) is 13.2 Å². The van der Waals surface area contributed by atoms with E-state index >= 15 is 0 Å². The number of aromatic nitrogens is 2. The summed E-state index contributed by atoms with van der Waals surface area (Å²) >= 11 is 0. The Morgan fingerprint density at radius 3 is 2.63 bits per heavy atom. The lowest BCUT2D eigenvalue weighted by Crippen LogP contribution is -2.37. The number of halogens is 3. The molecule has 0 saturated heterocycles. The van der Waals surface area contributed by atoms with Crippen molar-refractivity contribution in [3.05, 3.63) is 6.33 Å². The number of anilines is 2. The van der Waals surface area contributed by atoms with Gasteiger partial charge in [0.1, 0.15) is 12.9 Å². The van der Waals surface area contributed by atoms with Gasteiger partial charge < -0.3 is 15.1 Å². The average Bonchev–Trinajstić information content (AvgIpc) is 3.18. The van der Waals surface area contributed by atoms with E-state index in [-0.39, 0.29) is 23.4 Å². The maximum atomic E-state index is 12.6. The minimum atomic E-state index is -4.31. The van der Waals surface area contributed by atoms with Gasteiger partial charge in [0, 0.05) is 6.04 Å². The van der Waals surface area contributed by atoms with Gasteiger partial charge in [0.2, 0.25) is 5.75 Å². The molecule has 9 heteroatoms. The highest BCUT2D eigenvalue weighted by atomic mass is 19.4. The zero-order valence-corrected chi connectivity index (χ0v) is 10.2. The van der Waals surface area contributed by atoms with E-state index in [0.717, 1.165) is 6.33 Å². The van der Waals surface area contributed by atoms with Gasteiger partial charge >= 0.3 is 6.18 Å². The number of ether oxygens (including phenoxy) is 1. The molecule has 6 nitrogen and oxygen atoms in total. The Morgan fingerprint density at radius 2 is 2.16 bits per heavy atom. The Morgan fingerprint density at radius 1 is 1.47 bits per heavy atom. The SMILES string of the molecule is COc1c(NN)ncnc1N(CC(F)(F)F)C1CC1. The molecule has 0 unspecified atom stereocenters. The lowest BCUT2D eigenvalue weighted by atomic mass is 10.3. The predicted octanol–water partition coefficient (Wildman–Crippen LogP) is 1.30. The molecule has 0 aromatic carbocycles. The maximum absolute atomic E-state index is 12.6. The van der Waals surface area contributed by atoms with E-state index in [1.165, 1.54) is 12.0 Å². The summed E-state index contributed by atoms with van der Waals surface area (Å²) < 4.78 is 43.0. The number of methoxy groups -OCH3 is 1. The van der Waals surface area contributed by atoms with Gasteiger partial charge in [-0.1, -0.05) is 0 Å². The van der Waals surface area contributed by atoms with Crippen LogP contribution in [0.3, 0.4) is 0 Å². The second kappa shape index (κ2) is 5.08. The third kappa shape index (κ3) is 3.16. The van der Waals surface area contributed by atoms with Crippen LogP contribution in [0.25, 0.3) is 0 Å². The van der Waals surface area contributed by atoms with E-state index in [2.05, 4.69) is 15.4 Å². The number of hydrogen-bond donors (Lipinski definition) is 2. The largest absolute Gasteiger partial charge is 0.490 e. The molecule has 0 amide bonds. The summed E-state index contributed by atoms with van der Waals surface area (Å²) in [5.74, 6) is 5.62. The molecule has 0 radical (unpaired) electrons. The number of nitrogens with two attached hydrogens (primary N) is 1. The van der Waals surface area contributed by atoms with Crippen molar-refractivity contribution in [2.75, 3.05) is 24.0 Å². The van der Waals surface area contributed by atoms with Gasteiger partial charge in [0.25, 0.3) is 0 Å². The number of hydrazine groups is 1. The highest BCUT2D eigenvalue weighted by Gasteiger charge is 2.40. The summed E-state index contributed by atoms with van der Waals surface area (Å²) in [5, 5.41) is 0. The van der Waals surface area contributed by atoms with Crippen molar-refractivity contribution in [2.45, 2.75) is 25.1 Å². The first-order valence-corrected chi connectivity index (χ1v) is 5.65. The third-order valence-corrected chi connectivity index (χ3v) is 2.74. The fourth-order valence-corrected chi connectivity index (χ4v) is 1.82. The predicted molar refractivity (Wildman–Crippen MR) is 62.8 cm³/mol. The molecule has 1 heterocycles. The molecule has 106 valence electrons. The van der Waals surface area contributed by atoms with Crippen LogP contribution < -0.4 is 20.9 Å². The second-order valence-electron chi connectivity index (χ2n) is 4.20. The van der Waals surface area contributed by atoms with Crippen molar-refractivity contribution < 1.29 is 17.9 Å². The fraction of sp³-hybridized carbons (Fsp3) is 0.600. The van der Waals surface area contributed by atoms with Gasteiger partial charge in [-0.3, -0.25) is 0 Å². The van der Waals surface area contributed by atoms with Crippen LogP contribution in [0.4, 0.5) is 24.8 Å². The molecule has 1 fully saturated rings. The van der Waals surface area contributed by atoms with Gasteiger partial charge in [-0.25, -0.2) is 15.8 Å². The standard InChI is InChI=1S/C10H14F3N5O/c1-19-7-8(17-14)15-5-16-9(7)18(6-2-3-6)4-10(11,12)13/h5-6H,2-4,14H2,1H3,(H,15,16,17). The van der Waals surface area contributed by atoms with Crippen LogP contribution in [0.5, 0.6) is 5.75 Å². The number of nitrogens with one attached hydrogen (secondary N) is 1. The summed E-state index contributed by atoms with van der Waals surface area (Å²) in [6.07, 6.45) is -1.75. The summed E-state index contributed by atoms with van der Waals surface area (Å²) in [5.41, 5.74) is 2.28. The number of alkyl halides is 3. The fourth-order valence-electron chi connectivity index (χ4n) is 1.82. The summed E-state index contributed by atoms with van der Waals surface area (Å²) in [7, 11) is 1.34. The molecule has 1 aliphatic rings.